The van der Waals surface area contributed by atoms with Gasteiger partial charge >= 0.3 is 0 Å². The van der Waals surface area contributed by atoms with Gasteiger partial charge in [-0.1, -0.05) is 20.8 Å². The van der Waals surface area contributed by atoms with Crippen molar-refractivity contribution in [3.63, 3.8) is 0 Å². The molecule has 0 aliphatic carbocycles. The SMILES string of the molecule is CC(C)(C)CNCCC1CC2CCC(C1)N2. The van der Waals surface area contributed by atoms with Crippen molar-refractivity contribution in [3.8, 4) is 0 Å². The Hall–Kier alpha value is -0.0800. The predicted molar refractivity (Wildman–Crippen MR) is 69.6 cm³/mol. The minimum Gasteiger partial charge on any atom is -0.316 e. The quantitative estimate of drug-likeness (QED) is 0.717. The van der Waals surface area contributed by atoms with Gasteiger partial charge in [-0.05, 0) is 56.5 Å². The first-order valence-corrected chi connectivity index (χ1v) is 7.00. The summed E-state index contributed by atoms with van der Waals surface area (Å²) < 4.78 is 0. The second-order valence-corrected chi connectivity index (χ2v) is 7.00. The average Bonchev–Trinajstić information content (AvgIpc) is 2.52. The lowest BCUT2D eigenvalue weighted by Gasteiger charge is -2.29. The minimum atomic E-state index is 0.424. The van der Waals surface area contributed by atoms with Gasteiger partial charge in [0, 0.05) is 12.1 Å². The van der Waals surface area contributed by atoms with Gasteiger partial charge in [0.2, 0.25) is 0 Å². The van der Waals surface area contributed by atoms with Crippen LogP contribution in [0.1, 0.15) is 52.9 Å². The molecule has 16 heavy (non-hydrogen) atoms. The molecule has 94 valence electrons. The highest BCUT2D eigenvalue weighted by Gasteiger charge is 2.32. The Morgan fingerprint density at radius 1 is 1.12 bits per heavy atom. The molecule has 2 rings (SSSR count). The Morgan fingerprint density at radius 2 is 1.75 bits per heavy atom. The number of nitrogens with one attached hydrogen (secondary N) is 2. The van der Waals surface area contributed by atoms with E-state index in [2.05, 4.69) is 31.4 Å². The average molecular weight is 224 g/mol. The molecule has 2 unspecified atom stereocenters. The maximum absolute atomic E-state index is 3.71. The number of piperidine rings is 1. The summed E-state index contributed by atoms with van der Waals surface area (Å²) in [5.41, 5.74) is 0.424. The van der Waals surface area contributed by atoms with E-state index in [0.717, 1.165) is 24.5 Å². The molecular weight excluding hydrogens is 196 g/mol. The van der Waals surface area contributed by atoms with Crippen LogP contribution in [0, 0.1) is 11.3 Å². The standard InChI is InChI=1S/C14H28N2/c1-14(2,3)10-15-7-6-11-8-12-4-5-13(9-11)16-12/h11-13,15-16H,4-10H2,1-3H3. The van der Waals surface area contributed by atoms with Crippen molar-refractivity contribution in [2.24, 2.45) is 11.3 Å². The van der Waals surface area contributed by atoms with Crippen LogP contribution >= 0.6 is 0 Å². The van der Waals surface area contributed by atoms with Crippen molar-refractivity contribution >= 4 is 0 Å². The van der Waals surface area contributed by atoms with Crippen LogP contribution in [0.4, 0.5) is 0 Å². The van der Waals surface area contributed by atoms with Crippen molar-refractivity contribution in [2.75, 3.05) is 13.1 Å². The topological polar surface area (TPSA) is 24.1 Å². The molecule has 2 aliphatic heterocycles. The molecule has 2 N–H and O–H groups in total. The Morgan fingerprint density at radius 3 is 2.31 bits per heavy atom. The van der Waals surface area contributed by atoms with Crippen LogP contribution in [0.25, 0.3) is 0 Å². The van der Waals surface area contributed by atoms with E-state index in [-0.39, 0.29) is 0 Å². The highest BCUT2D eigenvalue weighted by atomic mass is 15.0. The Labute approximate surface area is 101 Å². The lowest BCUT2D eigenvalue weighted by atomic mass is 9.89. The summed E-state index contributed by atoms with van der Waals surface area (Å²) in [4.78, 5) is 0. The zero-order valence-corrected chi connectivity index (χ0v) is 11.2. The summed E-state index contributed by atoms with van der Waals surface area (Å²) in [5.74, 6) is 0.978. The monoisotopic (exact) mass is 224 g/mol. The van der Waals surface area contributed by atoms with Crippen molar-refractivity contribution in [3.05, 3.63) is 0 Å². The van der Waals surface area contributed by atoms with E-state index in [0.29, 0.717) is 5.41 Å². The van der Waals surface area contributed by atoms with Gasteiger partial charge < -0.3 is 10.6 Å². The molecule has 0 aromatic carbocycles. The van der Waals surface area contributed by atoms with Crippen molar-refractivity contribution in [2.45, 2.75) is 65.0 Å². The summed E-state index contributed by atoms with van der Waals surface area (Å²) in [7, 11) is 0. The fraction of sp³-hybridized carbons (Fsp3) is 1.00. The minimum absolute atomic E-state index is 0.424. The highest BCUT2D eigenvalue weighted by molar-refractivity contribution is 4.91. The number of rotatable bonds is 4. The molecule has 0 saturated carbocycles. The summed E-state index contributed by atoms with van der Waals surface area (Å²) in [6.45, 7) is 9.24. The van der Waals surface area contributed by atoms with Crippen LogP contribution in [0.15, 0.2) is 0 Å². The van der Waals surface area contributed by atoms with E-state index in [1.807, 2.05) is 0 Å². The van der Waals surface area contributed by atoms with Gasteiger partial charge in [0.15, 0.2) is 0 Å². The van der Waals surface area contributed by atoms with E-state index in [1.54, 1.807) is 0 Å². The second-order valence-electron chi connectivity index (χ2n) is 7.00. The summed E-state index contributed by atoms with van der Waals surface area (Å²) >= 11 is 0. The Kier molecular flexibility index (Phi) is 3.91. The van der Waals surface area contributed by atoms with E-state index in [1.165, 1.54) is 38.6 Å². The third-order valence-electron chi connectivity index (χ3n) is 3.96. The van der Waals surface area contributed by atoms with E-state index in [9.17, 15) is 0 Å². The first kappa shape index (κ1) is 12.4. The molecule has 0 spiro atoms. The van der Waals surface area contributed by atoms with Crippen LogP contribution in [-0.2, 0) is 0 Å². The van der Waals surface area contributed by atoms with Crippen molar-refractivity contribution < 1.29 is 0 Å². The third-order valence-corrected chi connectivity index (χ3v) is 3.96. The number of fused-ring (bicyclic) bond motifs is 2. The molecular formula is C14H28N2. The predicted octanol–water partition coefficient (Wildman–Crippen LogP) is 2.54. The summed E-state index contributed by atoms with van der Waals surface area (Å²) in [6.07, 6.45) is 7.08. The molecule has 2 heteroatoms. The lowest BCUT2D eigenvalue weighted by Crippen LogP contribution is -2.39. The molecule has 2 nitrogen and oxygen atoms in total. The van der Waals surface area contributed by atoms with Gasteiger partial charge in [-0.2, -0.15) is 0 Å². The zero-order valence-electron chi connectivity index (χ0n) is 11.2. The highest BCUT2D eigenvalue weighted by Crippen LogP contribution is 2.32. The normalized spacial score (nSPS) is 34.3. The Balaban J connectivity index is 1.60. The molecule has 0 aromatic heterocycles. The molecule has 2 saturated heterocycles. The fourth-order valence-corrected chi connectivity index (χ4v) is 3.18. The van der Waals surface area contributed by atoms with Gasteiger partial charge in [-0.25, -0.2) is 0 Å². The van der Waals surface area contributed by atoms with Gasteiger partial charge in [0.1, 0.15) is 0 Å². The van der Waals surface area contributed by atoms with E-state index in [4.69, 9.17) is 0 Å². The van der Waals surface area contributed by atoms with Gasteiger partial charge in [0.05, 0.1) is 0 Å². The van der Waals surface area contributed by atoms with Crippen LogP contribution in [-0.4, -0.2) is 25.2 Å². The van der Waals surface area contributed by atoms with Crippen LogP contribution < -0.4 is 10.6 Å². The van der Waals surface area contributed by atoms with E-state index >= 15 is 0 Å². The molecule has 2 fully saturated rings. The largest absolute Gasteiger partial charge is 0.316 e. The van der Waals surface area contributed by atoms with E-state index < -0.39 is 0 Å². The van der Waals surface area contributed by atoms with Gasteiger partial charge in [-0.15, -0.1) is 0 Å². The zero-order chi connectivity index (χ0) is 11.6. The van der Waals surface area contributed by atoms with Crippen LogP contribution in [0.3, 0.4) is 0 Å². The van der Waals surface area contributed by atoms with Gasteiger partial charge in [-0.3, -0.25) is 0 Å². The van der Waals surface area contributed by atoms with Crippen LogP contribution in [0.2, 0.25) is 0 Å². The van der Waals surface area contributed by atoms with Crippen molar-refractivity contribution in [1.29, 1.82) is 0 Å². The maximum atomic E-state index is 3.71. The second kappa shape index (κ2) is 5.05. The number of hydrogen-bond donors (Lipinski definition) is 2. The lowest BCUT2D eigenvalue weighted by molar-refractivity contribution is 0.277. The fourth-order valence-electron chi connectivity index (χ4n) is 3.18. The molecule has 0 radical (unpaired) electrons. The van der Waals surface area contributed by atoms with Crippen LogP contribution in [0.5, 0.6) is 0 Å². The smallest absolute Gasteiger partial charge is 0.00728 e. The molecule has 2 bridgehead atoms. The maximum Gasteiger partial charge on any atom is 0.00728 e. The molecule has 2 aliphatic rings. The Bertz CT molecular complexity index is 207. The van der Waals surface area contributed by atoms with Crippen molar-refractivity contribution in [1.82, 2.24) is 10.6 Å². The number of hydrogen-bond acceptors (Lipinski definition) is 2. The summed E-state index contributed by atoms with van der Waals surface area (Å²) in [6, 6.07) is 1.71. The van der Waals surface area contributed by atoms with Gasteiger partial charge in [0.25, 0.3) is 0 Å². The molecule has 2 heterocycles. The first-order chi connectivity index (χ1) is 7.53. The third kappa shape index (κ3) is 3.74. The molecule has 2 atom stereocenters. The molecule has 0 aromatic rings. The summed E-state index contributed by atoms with van der Waals surface area (Å²) in [5, 5.41) is 7.32. The first-order valence-electron chi connectivity index (χ1n) is 7.00. The molecule has 0 amide bonds.